The largest absolute Gasteiger partial charge is 0.495 e. The zero-order chi connectivity index (χ0) is 6.28. The van der Waals surface area contributed by atoms with E-state index in [9.17, 15) is 0 Å². The normalized spacial score (nSPS) is 5.29. The van der Waals surface area contributed by atoms with Crippen LogP contribution in [0, 0.1) is 5.41 Å². The molecule has 0 fully saturated rings. The van der Waals surface area contributed by atoms with Gasteiger partial charge in [0, 0.05) is 7.05 Å². The molecular weight excluding hydrogens is 92.1 g/mol. The van der Waals surface area contributed by atoms with Gasteiger partial charge in [-0.05, 0) is 13.3 Å². The molecule has 0 aromatic heterocycles. The first-order chi connectivity index (χ1) is 3.27. The molecule has 0 aliphatic rings. The predicted molar refractivity (Wildman–Crippen MR) is 30.7 cm³/mol. The van der Waals surface area contributed by atoms with Crippen LogP contribution in [0.1, 0.15) is 0 Å². The van der Waals surface area contributed by atoms with Gasteiger partial charge < -0.3 is 15.8 Å². The molecule has 0 saturated carbocycles. The van der Waals surface area contributed by atoms with Crippen molar-refractivity contribution in [2.45, 2.75) is 0 Å². The van der Waals surface area contributed by atoms with E-state index in [2.05, 4.69) is 18.6 Å². The third-order valence-electron chi connectivity index (χ3n) is 0.289. The van der Waals surface area contributed by atoms with Crippen LogP contribution < -0.4 is 5.32 Å². The molecule has 0 aromatic carbocycles. The molecule has 0 amide bonds. The number of aliphatic hydroxyl groups is 1. The van der Waals surface area contributed by atoms with Gasteiger partial charge in [0.05, 0.1) is 0 Å². The van der Waals surface area contributed by atoms with Crippen LogP contribution in [0.15, 0.2) is 12.5 Å². The first-order valence-corrected chi connectivity index (χ1v) is 1.68. The highest BCUT2D eigenvalue weighted by Crippen LogP contribution is 1.60. The van der Waals surface area contributed by atoms with E-state index in [0.29, 0.717) is 0 Å². The van der Waals surface area contributed by atoms with Crippen molar-refractivity contribution < 1.29 is 5.11 Å². The third-order valence-corrected chi connectivity index (χ3v) is 0.289. The van der Waals surface area contributed by atoms with Crippen LogP contribution in [-0.2, 0) is 0 Å². The summed E-state index contributed by atoms with van der Waals surface area (Å²) < 4.78 is 0. The van der Waals surface area contributed by atoms with Gasteiger partial charge in [0.1, 0.15) is 0 Å². The summed E-state index contributed by atoms with van der Waals surface area (Å²) in [5.74, 6) is 0.00463. The highest BCUT2D eigenvalue weighted by Gasteiger charge is 1.65. The molecule has 0 bridgehead atoms. The van der Waals surface area contributed by atoms with E-state index >= 15 is 0 Å². The molecule has 0 saturated heterocycles. The zero-order valence-corrected chi connectivity index (χ0v) is 4.36. The summed E-state index contributed by atoms with van der Waals surface area (Å²) >= 11 is 0. The standard InChI is InChI=1S/C3H7NO.CH3N/c1-3(5)4-2;1-2/h4-5H,1H2,2H3;2H,1H2. The van der Waals surface area contributed by atoms with Crippen LogP contribution in [0.5, 0.6) is 0 Å². The summed E-state index contributed by atoms with van der Waals surface area (Å²) in [6, 6.07) is 0. The summed E-state index contributed by atoms with van der Waals surface area (Å²) in [4.78, 5) is 0. The smallest absolute Gasteiger partial charge is 0.176 e. The Hall–Kier alpha value is -0.990. The van der Waals surface area contributed by atoms with Crippen molar-refractivity contribution in [1.29, 1.82) is 5.41 Å². The number of hydrogen-bond acceptors (Lipinski definition) is 3. The molecule has 7 heavy (non-hydrogen) atoms. The molecule has 0 heterocycles. The van der Waals surface area contributed by atoms with Crippen molar-refractivity contribution in [2.24, 2.45) is 0 Å². The Balaban J connectivity index is 0. The van der Waals surface area contributed by atoms with Crippen molar-refractivity contribution in [3.8, 4) is 0 Å². The molecule has 0 spiro atoms. The lowest BCUT2D eigenvalue weighted by molar-refractivity contribution is 0.379. The Bertz CT molecular complexity index is 53.7. The molecule has 3 heteroatoms. The molecule has 0 aliphatic carbocycles. The van der Waals surface area contributed by atoms with Crippen molar-refractivity contribution in [2.75, 3.05) is 7.05 Å². The summed E-state index contributed by atoms with van der Waals surface area (Å²) in [7, 11) is 1.60. The maximum atomic E-state index is 8.06. The molecule has 0 unspecified atom stereocenters. The first-order valence-electron chi connectivity index (χ1n) is 1.68. The lowest BCUT2D eigenvalue weighted by Crippen LogP contribution is -2.01. The van der Waals surface area contributed by atoms with E-state index in [1.807, 2.05) is 0 Å². The summed E-state index contributed by atoms with van der Waals surface area (Å²) in [5.41, 5.74) is 0. The lowest BCUT2D eigenvalue weighted by atomic mass is 10.9. The molecule has 0 rings (SSSR count). The lowest BCUT2D eigenvalue weighted by Gasteiger charge is -1.86. The van der Waals surface area contributed by atoms with Crippen LogP contribution in [0.25, 0.3) is 0 Å². The second-order valence-corrected chi connectivity index (χ2v) is 0.697. The number of nitrogens with one attached hydrogen (secondary N) is 2. The molecule has 3 nitrogen and oxygen atoms in total. The highest BCUT2D eigenvalue weighted by atomic mass is 16.3. The van der Waals surface area contributed by atoms with E-state index in [-0.39, 0.29) is 5.88 Å². The second kappa shape index (κ2) is 8.89. The molecule has 0 aliphatic heterocycles. The molecule has 0 aromatic rings. The Morgan fingerprint density at radius 2 is 1.86 bits per heavy atom. The van der Waals surface area contributed by atoms with Crippen LogP contribution in [-0.4, -0.2) is 18.9 Å². The maximum absolute atomic E-state index is 8.06. The van der Waals surface area contributed by atoms with E-state index in [0.717, 1.165) is 0 Å². The molecule has 0 atom stereocenters. The van der Waals surface area contributed by atoms with Crippen molar-refractivity contribution >= 4 is 6.72 Å². The van der Waals surface area contributed by atoms with Crippen LogP contribution in [0.4, 0.5) is 0 Å². The van der Waals surface area contributed by atoms with Crippen molar-refractivity contribution in [1.82, 2.24) is 5.32 Å². The maximum Gasteiger partial charge on any atom is 0.176 e. The topological polar surface area (TPSA) is 56.1 Å². The van der Waals surface area contributed by atoms with Gasteiger partial charge in [0.2, 0.25) is 0 Å². The van der Waals surface area contributed by atoms with Gasteiger partial charge in [-0.15, -0.1) is 0 Å². The van der Waals surface area contributed by atoms with E-state index < -0.39 is 0 Å². The Morgan fingerprint density at radius 1 is 1.71 bits per heavy atom. The quantitative estimate of drug-likeness (QED) is 0.333. The molecule has 42 valence electrons. The predicted octanol–water partition coefficient (Wildman–Crippen LogP) is 0.501. The van der Waals surface area contributed by atoms with Gasteiger partial charge >= 0.3 is 0 Å². The van der Waals surface area contributed by atoms with Gasteiger partial charge in [-0.25, -0.2) is 0 Å². The minimum Gasteiger partial charge on any atom is -0.495 e. The van der Waals surface area contributed by atoms with Crippen molar-refractivity contribution in [3.05, 3.63) is 12.5 Å². The summed E-state index contributed by atoms with van der Waals surface area (Å²) in [5, 5.41) is 15.9. The van der Waals surface area contributed by atoms with Gasteiger partial charge in [-0.2, -0.15) is 0 Å². The summed E-state index contributed by atoms with van der Waals surface area (Å²) in [6.45, 7) is 5.62. The Morgan fingerprint density at radius 3 is 1.86 bits per heavy atom. The van der Waals surface area contributed by atoms with Crippen LogP contribution >= 0.6 is 0 Å². The molecular formula is C4H10N2O. The van der Waals surface area contributed by atoms with Gasteiger partial charge in [0.25, 0.3) is 0 Å². The van der Waals surface area contributed by atoms with Gasteiger partial charge in [-0.3, -0.25) is 0 Å². The number of hydrogen-bond donors (Lipinski definition) is 3. The SMILES string of the molecule is C=C(O)NC.C=N. The van der Waals surface area contributed by atoms with Gasteiger partial charge in [0.15, 0.2) is 5.88 Å². The average molecular weight is 102 g/mol. The fourth-order valence-corrected chi connectivity index (χ4v) is 0. The Labute approximate surface area is 43.2 Å². The summed E-state index contributed by atoms with van der Waals surface area (Å²) in [6.07, 6.45) is 0. The monoisotopic (exact) mass is 102 g/mol. The van der Waals surface area contributed by atoms with E-state index in [1.54, 1.807) is 7.05 Å². The van der Waals surface area contributed by atoms with Gasteiger partial charge in [-0.1, -0.05) is 0 Å². The minimum atomic E-state index is 0.00463. The van der Waals surface area contributed by atoms with E-state index in [1.165, 1.54) is 0 Å². The van der Waals surface area contributed by atoms with E-state index in [4.69, 9.17) is 10.5 Å². The first kappa shape index (κ1) is 9.38. The van der Waals surface area contributed by atoms with Crippen molar-refractivity contribution in [3.63, 3.8) is 0 Å². The average Bonchev–Trinajstić information content (AvgIpc) is 1.73. The number of aliphatic hydroxyl groups excluding tert-OH is 1. The third kappa shape index (κ3) is 44.5. The molecule has 0 radical (unpaired) electrons. The van der Waals surface area contributed by atoms with Crippen LogP contribution in [0.2, 0.25) is 0 Å². The highest BCUT2D eigenvalue weighted by molar-refractivity contribution is 5.15. The van der Waals surface area contributed by atoms with Crippen LogP contribution in [0.3, 0.4) is 0 Å². The number of rotatable bonds is 1. The minimum absolute atomic E-state index is 0.00463. The fraction of sp³-hybridized carbons (Fsp3) is 0.250. The second-order valence-electron chi connectivity index (χ2n) is 0.697. The fourth-order valence-electron chi connectivity index (χ4n) is 0. The zero-order valence-electron chi connectivity index (χ0n) is 4.36. The Kier molecular flexibility index (Phi) is 11.9. The molecule has 3 N–H and O–H groups in total.